The Morgan fingerprint density at radius 3 is 2.43 bits per heavy atom. The summed E-state index contributed by atoms with van der Waals surface area (Å²) in [6.07, 6.45) is -0.926. The van der Waals surface area contributed by atoms with E-state index in [1.54, 1.807) is 58.0 Å². The maximum atomic E-state index is 12.9. The van der Waals surface area contributed by atoms with E-state index >= 15 is 0 Å². The fraction of sp³-hybridized carbons (Fsp3) is 0.524. The highest BCUT2D eigenvalue weighted by Crippen LogP contribution is 2.25. The van der Waals surface area contributed by atoms with Crippen LogP contribution in [0.2, 0.25) is 0 Å². The molecule has 1 fully saturated rings. The topological polar surface area (TPSA) is 114 Å². The molecule has 2 atom stereocenters. The van der Waals surface area contributed by atoms with Crippen molar-refractivity contribution in [2.24, 2.45) is 0 Å². The van der Waals surface area contributed by atoms with Gasteiger partial charge in [0.05, 0.1) is 0 Å². The summed E-state index contributed by atoms with van der Waals surface area (Å²) < 4.78 is 10.9. The summed E-state index contributed by atoms with van der Waals surface area (Å²) in [4.78, 5) is 51.0. The Morgan fingerprint density at radius 1 is 1.17 bits per heavy atom. The molecule has 0 bridgehead atoms. The Kier molecular flexibility index (Phi) is 7.79. The summed E-state index contributed by atoms with van der Waals surface area (Å²) in [6.45, 7) is 7.63. The van der Waals surface area contributed by atoms with Crippen LogP contribution in [0.1, 0.15) is 52.2 Å². The molecule has 9 heteroatoms. The van der Waals surface area contributed by atoms with E-state index in [0.717, 1.165) is 0 Å². The van der Waals surface area contributed by atoms with Crippen molar-refractivity contribution in [3.63, 3.8) is 0 Å². The zero-order valence-electron chi connectivity index (χ0n) is 17.8. The van der Waals surface area contributed by atoms with Gasteiger partial charge in [0, 0.05) is 18.7 Å². The van der Waals surface area contributed by atoms with Gasteiger partial charge in [-0.25, -0.2) is 14.4 Å². The average molecular weight is 419 g/mol. The van der Waals surface area contributed by atoms with Crippen LogP contribution in [-0.2, 0) is 19.1 Å². The van der Waals surface area contributed by atoms with E-state index in [0.29, 0.717) is 31.5 Å². The third-order valence-corrected chi connectivity index (χ3v) is 4.30. The van der Waals surface area contributed by atoms with Crippen molar-refractivity contribution in [1.82, 2.24) is 15.5 Å². The Morgan fingerprint density at radius 2 is 1.83 bits per heavy atom. The van der Waals surface area contributed by atoms with Gasteiger partial charge in [-0.05, 0) is 40.5 Å². The smallest absolute Gasteiger partial charge is 0.411 e. The molecule has 0 radical (unpaired) electrons. The lowest BCUT2D eigenvalue weighted by Crippen LogP contribution is -2.46. The Bertz CT molecular complexity index is 775. The molecule has 1 heterocycles. The number of nitrogens with zero attached hydrogens (tertiary/aromatic N) is 1. The van der Waals surface area contributed by atoms with Gasteiger partial charge in [-0.3, -0.25) is 15.0 Å². The molecule has 164 valence electrons. The molecular formula is C21H29N3O6. The first-order valence-corrected chi connectivity index (χ1v) is 9.96. The van der Waals surface area contributed by atoms with Crippen molar-refractivity contribution >= 4 is 24.0 Å². The molecule has 2 unspecified atom stereocenters. The SMILES string of the molecule is CCNC(=O)NC(=O)C(OC(=O)C1CCCN1C(=O)OC(C)(C)C)c1ccccc1. The molecule has 1 saturated heterocycles. The third-order valence-electron chi connectivity index (χ3n) is 4.30. The van der Waals surface area contributed by atoms with Gasteiger partial charge in [0.25, 0.3) is 5.91 Å². The normalized spacial score (nSPS) is 17.1. The molecule has 0 aromatic heterocycles. The number of benzene rings is 1. The number of amides is 4. The summed E-state index contributed by atoms with van der Waals surface area (Å²) in [6, 6.07) is 6.84. The van der Waals surface area contributed by atoms with Gasteiger partial charge in [0.1, 0.15) is 11.6 Å². The molecule has 0 saturated carbocycles. The van der Waals surface area contributed by atoms with Crippen molar-refractivity contribution in [2.75, 3.05) is 13.1 Å². The lowest BCUT2D eigenvalue weighted by molar-refractivity contribution is -0.160. The van der Waals surface area contributed by atoms with Crippen molar-refractivity contribution in [2.45, 2.75) is 58.3 Å². The van der Waals surface area contributed by atoms with Gasteiger partial charge in [0.2, 0.25) is 6.10 Å². The van der Waals surface area contributed by atoms with E-state index in [-0.39, 0.29) is 0 Å². The summed E-state index contributed by atoms with van der Waals surface area (Å²) in [5, 5.41) is 4.62. The van der Waals surface area contributed by atoms with Crippen LogP contribution in [0.4, 0.5) is 9.59 Å². The summed E-state index contributed by atoms with van der Waals surface area (Å²) in [5.74, 6) is -1.50. The van der Waals surface area contributed by atoms with Gasteiger partial charge in [-0.1, -0.05) is 30.3 Å². The number of urea groups is 1. The van der Waals surface area contributed by atoms with E-state index in [9.17, 15) is 19.2 Å². The van der Waals surface area contributed by atoms with E-state index in [1.807, 2.05) is 0 Å². The lowest BCUT2D eigenvalue weighted by Gasteiger charge is -2.28. The van der Waals surface area contributed by atoms with Crippen molar-refractivity contribution < 1.29 is 28.7 Å². The molecule has 1 aromatic carbocycles. The molecule has 2 N–H and O–H groups in total. The van der Waals surface area contributed by atoms with Crippen LogP contribution in [-0.4, -0.2) is 53.6 Å². The van der Waals surface area contributed by atoms with Crippen molar-refractivity contribution in [3.8, 4) is 0 Å². The number of ether oxygens (including phenoxy) is 2. The molecule has 4 amide bonds. The van der Waals surface area contributed by atoms with Crippen LogP contribution in [0, 0.1) is 0 Å². The van der Waals surface area contributed by atoms with Gasteiger partial charge < -0.3 is 14.8 Å². The third kappa shape index (κ3) is 6.47. The lowest BCUT2D eigenvalue weighted by atomic mass is 10.1. The van der Waals surface area contributed by atoms with E-state index in [4.69, 9.17) is 9.47 Å². The Labute approximate surface area is 176 Å². The zero-order valence-corrected chi connectivity index (χ0v) is 17.8. The second-order valence-electron chi connectivity index (χ2n) is 7.91. The fourth-order valence-electron chi connectivity index (χ4n) is 3.03. The number of imide groups is 1. The van der Waals surface area contributed by atoms with Crippen LogP contribution in [0.5, 0.6) is 0 Å². The minimum Gasteiger partial charge on any atom is -0.446 e. The van der Waals surface area contributed by atoms with Gasteiger partial charge in [-0.15, -0.1) is 0 Å². The first kappa shape index (κ1) is 23.2. The van der Waals surface area contributed by atoms with Crippen LogP contribution in [0.3, 0.4) is 0 Å². The Hall–Kier alpha value is -3.10. The fourth-order valence-corrected chi connectivity index (χ4v) is 3.03. The molecule has 1 aromatic rings. The van der Waals surface area contributed by atoms with E-state index < -0.39 is 41.7 Å². The predicted molar refractivity (Wildman–Crippen MR) is 108 cm³/mol. The van der Waals surface area contributed by atoms with Gasteiger partial charge in [0.15, 0.2) is 0 Å². The zero-order chi connectivity index (χ0) is 22.3. The molecule has 9 nitrogen and oxygen atoms in total. The van der Waals surface area contributed by atoms with E-state index in [2.05, 4.69) is 10.6 Å². The van der Waals surface area contributed by atoms with Crippen LogP contribution in [0.15, 0.2) is 30.3 Å². The number of nitrogens with one attached hydrogen (secondary N) is 2. The molecule has 1 aliphatic rings. The summed E-state index contributed by atoms with van der Waals surface area (Å²) in [7, 11) is 0. The van der Waals surface area contributed by atoms with E-state index in [1.165, 1.54) is 4.90 Å². The molecule has 2 rings (SSSR count). The quantitative estimate of drug-likeness (QED) is 0.709. The molecular weight excluding hydrogens is 390 g/mol. The van der Waals surface area contributed by atoms with Crippen LogP contribution >= 0.6 is 0 Å². The van der Waals surface area contributed by atoms with Crippen molar-refractivity contribution in [3.05, 3.63) is 35.9 Å². The number of carbonyl (C=O) groups is 4. The van der Waals surface area contributed by atoms with Crippen LogP contribution < -0.4 is 10.6 Å². The molecule has 1 aliphatic heterocycles. The minimum atomic E-state index is -1.33. The highest BCUT2D eigenvalue weighted by atomic mass is 16.6. The number of carbonyl (C=O) groups excluding carboxylic acids is 4. The van der Waals surface area contributed by atoms with Crippen molar-refractivity contribution in [1.29, 1.82) is 0 Å². The average Bonchev–Trinajstić information content (AvgIpc) is 3.15. The summed E-state index contributed by atoms with van der Waals surface area (Å²) >= 11 is 0. The second-order valence-corrected chi connectivity index (χ2v) is 7.91. The second kappa shape index (κ2) is 10.1. The van der Waals surface area contributed by atoms with Crippen LogP contribution in [0.25, 0.3) is 0 Å². The molecule has 0 aliphatic carbocycles. The molecule has 30 heavy (non-hydrogen) atoms. The molecule has 0 spiro atoms. The maximum Gasteiger partial charge on any atom is 0.411 e. The summed E-state index contributed by atoms with van der Waals surface area (Å²) in [5.41, 5.74) is -0.290. The highest BCUT2D eigenvalue weighted by molar-refractivity contribution is 5.98. The largest absolute Gasteiger partial charge is 0.446 e. The first-order valence-electron chi connectivity index (χ1n) is 9.96. The number of likely N-dealkylation sites (tertiary alicyclic amines) is 1. The predicted octanol–water partition coefficient (Wildman–Crippen LogP) is 2.52. The number of hydrogen-bond donors (Lipinski definition) is 2. The van der Waals surface area contributed by atoms with Gasteiger partial charge in [-0.2, -0.15) is 0 Å². The number of rotatable bonds is 5. The monoisotopic (exact) mass is 419 g/mol. The Balaban J connectivity index is 2.16. The maximum absolute atomic E-state index is 12.9. The minimum absolute atomic E-state index is 0.335. The van der Waals surface area contributed by atoms with Gasteiger partial charge >= 0.3 is 18.1 Å². The highest BCUT2D eigenvalue weighted by Gasteiger charge is 2.39. The number of esters is 1. The standard InChI is InChI=1S/C21H29N3O6/c1-5-22-19(27)23-17(25)16(14-10-7-6-8-11-14)29-18(26)15-12-9-13-24(15)20(28)30-21(2,3)4/h6-8,10-11,15-16H,5,9,12-13H2,1-4H3,(H2,22,23,25,27). The number of hydrogen-bond acceptors (Lipinski definition) is 6. The first-order chi connectivity index (χ1) is 14.1.